The van der Waals surface area contributed by atoms with Crippen LogP contribution < -0.4 is 0 Å². The standard InChI is InChI=1S/C23H18Cl4N2O4/c24-12-5-7-16(18(26)9-12)20(30)11-28(21(31)17-8-6-13(25)10-19(17)27)29-22(32)14-3-1-2-4-15(14)23(29)33/h5-10,14-15H,1-4,11H2/t14-,15-/m0/s1. The minimum absolute atomic E-state index is 0.00606. The van der Waals surface area contributed by atoms with Gasteiger partial charge in [-0.25, -0.2) is 5.01 Å². The highest BCUT2D eigenvalue weighted by Gasteiger charge is 2.52. The molecule has 2 aromatic carbocycles. The average Bonchev–Trinajstić information content (AvgIpc) is 3.02. The van der Waals surface area contributed by atoms with Crippen molar-refractivity contribution in [2.24, 2.45) is 11.8 Å². The molecule has 2 atom stereocenters. The maximum Gasteiger partial charge on any atom is 0.274 e. The van der Waals surface area contributed by atoms with Crippen LogP contribution in [-0.2, 0) is 9.59 Å². The minimum Gasteiger partial charge on any atom is -0.292 e. The number of hydrogen-bond acceptors (Lipinski definition) is 4. The Balaban J connectivity index is 1.73. The number of carbonyl (C=O) groups is 4. The SMILES string of the molecule is O=C(CN(C(=O)c1ccc(Cl)cc1Cl)N1C(=O)[C@H]2CCCC[C@@H]2C1=O)c1ccc(Cl)cc1Cl. The van der Waals surface area contributed by atoms with Gasteiger partial charge in [0.15, 0.2) is 5.78 Å². The van der Waals surface area contributed by atoms with Crippen molar-refractivity contribution >= 4 is 69.9 Å². The second-order valence-corrected chi connectivity index (χ2v) is 9.71. The molecular weight excluding hydrogens is 510 g/mol. The molecular formula is C23H18Cl4N2O4. The Hall–Kier alpha value is -2.12. The third-order valence-electron chi connectivity index (χ3n) is 5.98. The summed E-state index contributed by atoms with van der Waals surface area (Å²) in [4.78, 5) is 53.0. The number of carbonyl (C=O) groups excluding carboxylic acids is 4. The molecule has 6 nitrogen and oxygen atoms in total. The summed E-state index contributed by atoms with van der Waals surface area (Å²) in [5.41, 5.74) is 0.115. The fourth-order valence-corrected chi connectivity index (χ4v) is 5.36. The van der Waals surface area contributed by atoms with Crippen LogP contribution in [0.15, 0.2) is 36.4 Å². The van der Waals surface area contributed by atoms with E-state index in [1.165, 1.54) is 36.4 Å². The van der Waals surface area contributed by atoms with Crippen LogP contribution in [0.2, 0.25) is 20.1 Å². The summed E-state index contributed by atoms with van der Waals surface area (Å²) in [5.74, 6) is -3.31. The number of hydrogen-bond donors (Lipinski definition) is 0. The second-order valence-electron chi connectivity index (χ2n) is 8.02. The molecule has 1 saturated heterocycles. The van der Waals surface area contributed by atoms with E-state index in [0.717, 1.165) is 22.9 Å². The van der Waals surface area contributed by atoms with Gasteiger partial charge in [0.1, 0.15) is 6.54 Å². The van der Waals surface area contributed by atoms with E-state index in [1.54, 1.807) is 0 Å². The number of fused-ring (bicyclic) bond motifs is 1. The van der Waals surface area contributed by atoms with E-state index >= 15 is 0 Å². The highest BCUT2D eigenvalue weighted by molar-refractivity contribution is 6.37. The molecule has 1 heterocycles. The summed E-state index contributed by atoms with van der Waals surface area (Å²) in [7, 11) is 0. The van der Waals surface area contributed by atoms with Gasteiger partial charge in [-0.15, -0.1) is 0 Å². The number of imide groups is 1. The van der Waals surface area contributed by atoms with Crippen molar-refractivity contribution in [2.75, 3.05) is 6.54 Å². The Bertz CT molecular complexity index is 1150. The highest BCUT2D eigenvalue weighted by atomic mass is 35.5. The predicted molar refractivity (Wildman–Crippen MR) is 126 cm³/mol. The van der Waals surface area contributed by atoms with Crippen molar-refractivity contribution in [1.29, 1.82) is 0 Å². The molecule has 1 saturated carbocycles. The molecule has 0 aromatic heterocycles. The van der Waals surface area contributed by atoms with E-state index in [4.69, 9.17) is 46.4 Å². The molecule has 2 fully saturated rings. The Labute approximate surface area is 210 Å². The van der Waals surface area contributed by atoms with Crippen LogP contribution >= 0.6 is 46.4 Å². The number of rotatable bonds is 5. The number of benzene rings is 2. The molecule has 2 aromatic rings. The van der Waals surface area contributed by atoms with E-state index < -0.39 is 41.9 Å². The topological polar surface area (TPSA) is 74.8 Å². The first-order valence-electron chi connectivity index (χ1n) is 10.3. The maximum absolute atomic E-state index is 13.5. The summed E-state index contributed by atoms with van der Waals surface area (Å²) < 4.78 is 0. The number of nitrogens with zero attached hydrogens (tertiary/aromatic N) is 2. The molecule has 0 radical (unpaired) electrons. The van der Waals surface area contributed by atoms with Gasteiger partial charge < -0.3 is 0 Å². The first kappa shape index (κ1) is 24.0. The number of ketones is 1. The van der Waals surface area contributed by atoms with Crippen molar-refractivity contribution in [2.45, 2.75) is 25.7 Å². The van der Waals surface area contributed by atoms with Crippen molar-refractivity contribution in [3.05, 3.63) is 67.6 Å². The lowest BCUT2D eigenvalue weighted by Gasteiger charge is -2.30. The van der Waals surface area contributed by atoms with E-state index in [1.807, 2.05) is 0 Å². The molecule has 3 amide bonds. The number of hydrazine groups is 1. The van der Waals surface area contributed by atoms with Gasteiger partial charge >= 0.3 is 0 Å². The Morgan fingerprint density at radius 2 is 1.30 bits per heavy atom. The number of Topliss-reactive ketones (excluding diaryl/α,β-unsaturated/α-hetero) is 1. The van der Waals surface area contributed by atoms with Gasteiger partial charge in [-0.2, -0.15) is 5.01 Å². The zero-order valence-electron chi connectivity index (χ0n) is 17.2. The van der Waals surface area contributed by atoms with E-state index in [2.05, 4.69) is 0 Å². The monoisotopic (exact) mass is 526 g/mol. The summed E-state index contributed by atoms with van der Waals surface area (Å²) in [6, 6.07) is 8.54. The molecule has 1 aliphatic heterocycles. The zero-order valence-corrected chi connectivity index (χ0v) is 20.2. The van der Waals surface area contributed by atoms with Crippen LogP contribution in [0.1, 0.15) is 46.4 Å². The van der Waals surface area contributed by atoms with Crippen LogP contribution in [-0.4, -0.2) is 40.1 Å². The fourth-order valence-electron chi connectivity index (χ4n) is 4.35. The van der Waals surface area contributed by atoms with E-state index in [-0.39, 0.29) is 21.2 Å². The molecule has 172 valence electrons. The van der Waals surface area contributed by atoms with Gasteiger partial charge in [-0.05, 0) is 49.2 Å². The van der Waals surface area contributed by atoms with Crippen molar-refractivity contribution < 1.29 is 19.2 Å². The molecule has 0 spiro atoms. The highest BCUT2D eigenvalue weighted by Crippen LogP contribution is 2.39. The van der Waals surface area contributed by atoms with Crippen LogP contribution in [0.3, 0.4) is 0 Å². The normalized spacial score (nSPS) is 20.1. The van der Waals surface area contributed by atoms with Gasteiger partial charge in [-0.1, -0.05) is 59.2 Å². The van der Waals surface area contributed by atoms with Crippen molar-refractivity contribution in [1.82, 2.24) is 10.0 Å². The quantitative estimate of drug-likeness (QED) is 0.368. The van der Waals surface area contributed by atoms with Crippen LogP contribution in [0.4, 0.5) is 0 Å². The third-order valence-corrected chi connectivity index (χ3v) is 7.08. The van der Waals surface area contributed by atoms with Gasteiger partial charge in [0.2, 0.25) is 0 Å². The summed E-state index contributed by atoms with van der Waals surface area (Å²) in [5, 5.41) is 2.46. The van der Waals surface area contributed by atoms with Crippen molar-refractivity contribution in [3.63, 3.8) is 0 Å². The first-order valence-corrected chi connectivity index (χ1v) is 11.8. The summed E-state index contributed by atoms with van der Waals surface area (Å²) in [6.45, 7) is -0.587. The third kappa shape index (κ3) is 4.62. The molecule has 10 heteroatoms. The van der Waals surface area contributed by atoms with Crippen LogP contribution in [0.25, 0.3) is 0 Å². The predicted octanol–water partition coefficient (Wildman–Crippen LogP) is 5.72. The lowest BCUT2D eigenvalue weighted by atomic mass is 9.81. The second kappa shape index (κ2) is 9.63. The molecule has 4 rings (SSSR count). The smallest absolute Gasteiger partial charge is 0.274 e. The Kier molecular flexibility index (Phi) is 7.01. The van der Waals surface area contributed by atoms with E-state index in [9.17, 15) is 19.2 Å². The van der Waals surface area contributed by atoms with E-state index in [0.29, 0.717) is 22.9 Å². The van der Waals surface area contributed by atoms with Crippen molar-refractivity contribution in [3.8, 4) is 0 Å². The average molecular weight is 528 g/mol. The molecule has 0 N–H and O–H groups in total. The number of halogens is 4. The van der Waals surface area contributed by atoms with Gasteiger partial charge in [-0.3, -0.25) is 19.2 Å². The molecule has 1 aliphatic carbocycles. The van der Waals surface area contributed by atoms with Gasteiger partial charge in [0.05, 0.1) is 27.4 Å². The maximum atomic E-state index is 13.5. The lowest BCUT2D eigenvalue weighted by molar-refractivity contribution is -0.154. The van der Waals surface area contributed by atoms with Gasteiger partial charge in [0.25, 0.3) is 17.7 Å². The minimum atomic E-state index is -0.768. The molecule has 33 heavy (non-hydrogen) atoms. The largest absolute Gasteiger partial charge is 0.292 e. The fraction of sp³-hybridized carbons (Fsp3) is 0.304. The molecule has 0 bridgehead atoms. The van der Waals surface area contributed by atoms with Gasteiger partial charge in [0, 0.05) is 15.6 Å². The first-order chi connectivity index (χ1) is 15.7. The lowest BCUT2D eigenvalue weighted by Crippen LogP contribution is -2.52. The summed E-state index contributed by atoms with van der Waals surface area (Å²) >= 11 is 24.3. The van der Waals surface area contributed by atoms with Crippen LogP contribution in [0.5, 0.6) is 0 Å². The summed E-state index contributed by atoms with van der Waals surface area (Å²) in [6.07, 6.45) is 2.77. The Morgan fingerprint density at radius 3 is 1.79 bits per heavy atom. The number of amides is 3. The molecule has 2 aliphatic rings. The van der Waals surface area contributed by atoms with Crippen LogP contribution in [0, 0.1) is 11.8 Å². The Morgan fingerprint density at radius 1 is 0.818 bits per heavy atom. The zero-order chi connectivity index (χ0) is 23.9. The molecule has 0 unspecified atom stereocenters.